The molecule has 0 aliphatic heterocycles. The zero-order valence-corrected chi connectivity index (χ0v) is 13.0. The van der Waals surface area contributed by atoms with Crippen molar-refractivity contribution in [3.05, 3.63) is 47.8 Å². The summed E-state index contributed by atoms with van der Waals surface area (Å²) in [6.45, 7) is -4.25. The number of ether oxygens (including phenoxy) is 2. The van der Waals surface area contributed by atoms with E-state index in [0.717, 1.165) is 19.4 Å². The lowest BCUT2D eigenvalue weighted by atomic mass is 10.1. The predicted octanol–water partition coefficient (Wildman–Crippen LogP) is 2.10. The van der Waals surface area contributed by atoms with Crippen LogP contribution in [0, 0.1) is 0 Å². The predicted molar refractivity (Wildman–Crippen MR) is 80.8 cm³/mol. The van der Waals surface area contributed by atoms with Crippen molar-refractivity contribution in [1.82, 2.24) is 9.78 Å². The minimum atomic E-state index is -4.62. The number of nitrogens with zero attached hydrogens (tertiary/aromatic N) is 2. The number of methoxy groups -OCH3 is 1. The molecule has 0 aliphatic rings. The minimum Gasteiger partial charge on any atom is -0.487 e. The number of hydrogen-bond donors (Lipinski definition) is 1. The second-order valence-electron chi connectivity index (χ2n) is 4.87. The molecule has 9 heteroatoms. The number of para-hydroxylation sites is 1. The van der Waals surface area contributed by atoms with Crippen LogP contribution in [0.25, 0.3) is 0 Å². The first-order valence-corrected chi connectivity index (χ1v) is 7.01. The summed E-state index contributed by atoms with van der Waals surface area (Å²) >= 11 is 0. The van der Waals surface area contributed by atoms with E-state index in [1.807, 2.05) is 0 Å². The van der Waals surface area contributed by atoms with Crippen LogP contribution in [0.2, 0.25) is 0 Å². The summed E-state index contributed by atoms with van der Waals surface area (Å²) in [4.78, 5) is 11.5. The van der Waals surface area contributed by atoms with Gasteiger partial charge in [0.05, 0.1) is 15.5 Å². The van der Waals surface area contributed by atoms with Gasteiger partial charge in [-0.05, 0) is 17.7 Å². The van der Waals surface area contributed by atoms with Gasteiger partial charge in [-0.3, -0.25) is 4.68 Å². The molecule has 0 saturated heterocycles. The van der Waals surface area contributed by atoms with Crippen LogP contribution in [-0.2, 0) is 29.0 Å². The summed E-state index contributed by atoms with van der Waals surface area (Å²) in [5, 5.41) is 13.3. The van der Waals surface area contributed by atoms with Crippen molar-refractivity contribution in [2.45, 2.75) is 31.8 Å². The molecular formula is C16H17F3N2O4. The van der Waals surface area contributed by atoms with E-state index in [4.69, 9.17) is 8.85 Å². The molecule has 136 valence electrons. The zero-order valence-electron chi connectivity index (χ0n) is 16.0. The van der Waals surface area contributed by atoms with Gasteiger partial charge in [-0.25, -0.2) is 4.79 Å². The number of aliphatic hydroxyl groups excluding tert-OH is 1. The third-order valence-corrected chi connectivity index (χ3v) is 3.01. The number of carbonyl (C=O) groups is 1. The molecule has 1 aromatic carbocycles. The summed E-state index contributed by atoms with van der Waals surface area (Å²) in [7, 11) is 1.03. The number of halogens is 3. The molecule has 0 fully saturated rings. The average Bonchev–Trinajstić information content (AvgIpc) is 3.07. The second-order valence-corrected chi connectivity index (χ2v) is 4.87. The van der Waals surface area contributed by atoms with Gasteiger partial charge in [0.1, 0.15) is 18.9 Å². The standard InChI is InChI=1S/C16H17F3N2O4/c1-24-15(23)13(22)8-11-4-2-3-5-14(11)25-9-12-6-7-20-21(12)10-16(17,18)19/h2-7,13,22H,8-10H2,1H3/t13-/m0/s1/i8D,9D2/t8-,13-. The van der Waals surface area contributed by atoms with Crippen molar-refractivity contribution in [3.63, 3.8) is 0 Å². The van der Waals surface area contributed by atoms with Crippen molar-refractivity contribution in [1.29, 1.82) is 0 Å². The number of esters is 1. The fourth-order valence-corrected chi connectivity index (χ4v) is 1.89. The molecular weight excluding hydrogens is 341 g/mol. The Morgan fingerprint density at radius 1 is 1.40 bits per heavy atom. The van der Waals surface area contributed by atoms with Gasteiger partial charge in [-0.15, -0.1) is 0 Å². The number of benzene rings is 1. The normalized spacial score (nSPS) is 16.3. The average molecular weight is 361 g/mol. The molecule has 1 aromatic heterocycles. The van der Waals surface area contributed by atoms with E-state index in [2.05, 4.69) is 9.84 Å². The molecule has 0 unspecified atom stereocenters. The summed E-state index contributed by atoms with van der Waals surface area (Å²) in [6.07, 6.45) is -7.05. The van der Waals surface area contributed by atoms with Crippen LogP contribution in [0.1, 0.15) is 15.4 Å². The Labute approximate surface area is 146 Å². The molecule has 0 bridgehead atoms. The van der Waals surface area contributed by atoms with E-state index < -0.39 is 43.4 Å². The number of rotatable bonds is 7. The zero-order chi connectivity index (χ0) is 21.1. The Balaban J connectivity index is 2.33. The highest BCUT2D eigenvalue weighted by Gasteiger charge is 2.29. The lowest BCUT2D eigenvalue weighted by Gasteiger charge is -2.15. The number of carbonyl (C=O) groups excluding carboxylic acids is 1. The van der Waals surface area contributed by atoms with Gasteiger partial charge < -0.3 is 14.6 Å². The summed E-state index contributed by atoms with van der Waals surface area (Å²) < 4.78 is 72.1. The van der Waals surface area contributed by atoms with Crippen LogP contribution in [-0.4, -0.2) is 40.2 Å². The van der Waals surface area contributed by atoms with Crippen LogP contribution in [0.3, 0.4) is 0 Å². The molecule has 25 heavy (non-hydrogen) atoms. The molecule has 0 amide bonds. The first-order valence-electron chi connectivity index (χ1n) is 8.59. The molecule has 6 nitrogen and oxygen atoms in total. The maximum absolute atomic E-state index is 12.7. The first-order chi connectivity index (χ1) is 13.0. The molecule has 0 saturated carbocycles. The summed E-state index contributed by atoms with van der Waals surface area (Å²) in [6, 6.07) is 6.54. The lowest BCUT2D eigenvalue weighted by Crippen LogP contribution is -2.24. The van der Waals surface area contributed by atoms with Crippen molar-refractivity contribution in [2.75, 3.05) is 7.11 Å². The van der Waals surface area contributed by atoms with Gasteiger partial charge >= 0.3 is 12.1 Å². The summed E-state index contributed by atoms with van der Waals surface area (Å²) in [5.74, 6) is -1.30. The monoisotopic (exact) mass is 361 g/mol. The van der Waals surface area contributed by atoms with E-state index in [0.29, 0.717) is 4.68 Å². The second kappa shape index (κ2) is 8.02. The fraction of sp³-hybridized carbons (Fsp3) is 0.375. The van der Waals surface area contributed by atoms with Crippen molar-refractivity contribution in [3.8, 4) is 5.75 Å². The molecule has 2 rings (SSSR count). The minimum absolute atomic E-state index is 0.0499. The molecule has 1 heterocycles. The molecule has 1 N–H and O–H groups in total. The molecule has 0 radical (unpaired) electrons. The van der Waals surface area contributed by atoms with E-state index in [1.165, 1.54) is 24.3 Å². The SMILES string of the molecule is [2H][C@@H](c1ccccc1OC([2H])([2H])c1ccnn1CC(F)(F)F)[C@H](O)C(=O)OC. The molecule has 0 spiro atoms. The molecule has 2 aromatic rings. The Bertz CT molecular complexity index is 829. The van der Waals surface area contributed by atoms with E-state index in [9.17, 15) is 23.1 Å². The van der Waals surface area contributed by atoms with Crippen LogP contribution in [0.15, 0.2) is 36.5 Å². The summed E-state index contributed by atoms with van der Waals surface area (Å²) in [5.41, 5.74) is -0.541. The largest absolute Gasteiger partial charge is 0.487 e. The Hall–Kier alpha value is -2.55. The number of hydrogen-bond acceptors (Lipinski definition) is 5. The number of aliphatic hydroxyl groups is 1. The molecule has 0 aliphatic carbocycles. The van der Waals surface area contributed by atoms with Crippen LogP contribution < -0.4 is 4.74 Å². The van der Waals surface area contributed by atoms with Gasteiger partial charge in [0, 0.05) is 14.0 Å². The van der Waals surface area contributed by atoms with E-state index >= 15 is 0 Å². The maximum atomic E-state index is 12.7. The van der Waals surface area contributed by atoms with E-state index in [1.54, 1.807) is 0 Å². The lowest BCUT2D eigenvalue weighted by molar-refractivity contribution is -0.150. The first kappa shape index (κ1) is 14.8. The topological polar surface area (TPSA) is 73.6 Å². The highest BCUT2D eigenvalue weighted by atomic mass is 19.4. The van der Waals surface area contributed by atoms with Gasteiger partial charge in [0.2, 0.25) is 0 Å². The maximum Gasteiger partial charge on any atom is 0.408 e. The Morgan fingerprint density at radius 3 is 2.80 bits per heavy atom. The van der Waals surface area contributed by atoms with Gasteiger partial charge in [0.25, 0.3) is 0 Å². The van der Waals surface area contributed by atoms with Crippen LogP contribution >= 0.6 is 0 Å². The number of aromatic nitrogens is 2. The van der Waals surface area contributed by atoms with Gasteiger partial charge in [-0.1, -0.05) is 18.2 Å². The number of alkyl halides is 3. The van der Waals surface area contributed by atoms with Gasteiger partial charge in [0.15, 0.2) is 6.10 Å². The van der Waals surface area contributed by atoms with Crippen molar-refractivity contribution in [2.24, 2.45) is 0 Å². The third kappa shape index (κ3) is 5.49. The smallest absolute Gasteiger partial charge is 0.408 e. The Kier molecular flexibility index (Phi) is 4.73. The molecule has 2 atom stereocenters. The highest BCUT2D eigenvalue weighted by Crippen LogP contribution is 2.22. The van der Waals surface area contributed by atoms with Crippen LogP contribution in [0.5, 0.6) is 5.75 Å². The van der Waals surface area contributed by atoms with Crippen molar-refractivity contribution < 1.29 is 36.7 Å². The quantitative estimate of drug-likeness (QED) is 0.765. The van der Waals surface area contributed by atoms with Gasteiger partial charge in [-0.2, -0.15) is 18.3 Å². The third-order valence-electron chi connectivity index (χ3n) is 3.01. The van der Waals surface area contributed by atoms with Crippen molar-refractivity contribution >= 4 is 5.97 Å². The Morgan fingerprint density at radius 2 is 2.12 bits per heavy atom. The fourth-order valence-electron chi connectivity index (χ4n) is 1.89. The van der Waals surface area contributed by atoms with E-state index in [-0.39, 0.29) is 11.3 Å². The van der Waals surface area contributed by atoms with Crippen LogP contribution in [0.4, 0.5) is 13.2 Å². The highest BCUT2D eigenvalue weighted by molar-refractivity contribution is 5.74.